The van der Waals surface area contributed by atoms with E-state index in [9.17, 15) is 9.59 Å². The molecule has 0 bridgehead atoms. The minimum Gasteiger partial charge on any atom is -0.482 e. The molecule has 1 amide bonds. The maximum absolute atomic E-state index is 13.2. The molecule has 31 heavy (non-hydrogen) atoms. The molecule has 7 heteroatoms. The van der Waals surface area contributed by atoms with Crippen LogP contribution in [0.5, 0.6) is 5.75 Å². The molecule has 1 atom stereocenters. The molecule has 1 aliphatic heterocycles. The lowest BCUT2D eigenvalue weighted by molar-refractivity contribution is -0.139. The van der Waals surface area contributed by atoms with Crippen molar-refractivity contribution in [1.82, 2.24) is 4.90 Å². The quantitative estimate of drug-likeness (QED) is 0.581. The number of benzene rings is 2. The number of rotatable bonds is 9. The van der Waals surface area contributed by atoms with Crippen LogP contribution < -0.4 is 4.74 Å². The zero-order chi connectivity index (χ0) is 22.4. The first kappa shape index (κ1) is 23.1. The second-order valence-electron chi connectivity index (χ2n) is 8.02. The number of carbonyl (C=O) groups excluding carboxylic acids is 1. The zero-order valence-corrected chi connectivity index (χ0v) is 18.6. The Morgan fingerprint density at radius 1 is 1.19 bits per heavy atom. The van der Waals surface area contributed by atoms with E-state index in [1.54, 1.807) is 18.2 Å². The van der Waals surface area contributed by atoms with Gasteiger partial charge in [0.25, 0.3) is 0 Å². The number of carboxylic acids is 1. The van der Waals surface area contributed by atoms with E-state index in [4.69, 9.17) is 26.2 Å². The Hall–Kier alpha value is -2.57. The third-order valence-electron chi connectivity index (χ3n) is 5.13. The van der Waals surface area contributed by atoms with Gasteiger partial charge in [-0.15, -0.1) is 0 Å². The first-order chi connectivity index (χ1) is 14.9. The molecule has 0 saturated heterocycles. The maximum Gasteiger partial charge on any atom is 0.341 e. The predicted molar refractivity (Wildman–Crippen MR) is 119 cm³/mol. The summed E-state index contributed by atoms with van der Waals surface area (Å²) in [6, 6.07) is 12.6. The fraction of sp³-hybridized carbons (Fsp3) is 0.417. The Balaban J connectivity index is 1.94. The summed E-state index contributed by atoms with van der Waals surface area (Å²) in [6.07, 6.45) is 1.02. The highest BCUT2D eigenvalue weighted by molar-refractivity contribution is 6.30. The molecule has 3 rings (SSSR count). The summed E-state index contributed by atoms with van der Waals surface area (Å²) < 4.78 is 11.2. The number of hydrogen-bond acceptors (Lipinski definition) is 4. The summed E-state index contributed by atoms with van der Waals surface area (Å²) in [5.74, 6) is -0.278. The Bertz CT molecular complexity index is 930. The fourth-order valence-corrected chi connectivity index (χ4v) is 3.98. The van der Waals surface area contributed by atoms with E-state index in [1.807, 2.05) is 23.1 Å². The van der Waals surface area contributed by atoms with Crippen LogP contribution >= 0.6 is 11.6 Å². The minimum absolute atomic E-state index is 0.0209. The van der Waals surface area contributed by atoms with Crippen molar-refractivity contribution >= 4 is 23.5 Å². The molecule has 0 fully saturated rings. The molecular weight excluding hydrogens is 418 g/mol. The lowest BCUT2D eigenvalue weighted by Crippen LogP contribution is -2.41. The summed E-state index contributed by atoms with van der Waals surface area (Å²) in [6.45, 7) is 5.19. The van der Waals surface area contributed by atoms with Gasteiger partial charge in [0.05, 0.1) is 19.1 Å². The summed E-state index contributed by atoms with van der Waals surface area (Å²) in [7, 11) is 0. The smallest absolute Gasteiger partial charge is 0.341 e. The number of nitrogens with zero attached hydrogens (tertiary/aromatic N) is 1. The third kappa shape index (κ3) is 5.99. The van der Waals surface area contributed by atoms with Crippen molar-refractivity contribution in [2.24, 2.45) is 5.92 Å². The normalized spacial score (nSPS) is 15.6. The van der Waals surface area contributed by atoms with E-state index in [2.05, 4.69) is 19.9 Å². The number of ether oxygens (including phenoxy) is 2. The van der Waals surface area contributed by atoms with Crippen LogP contribution in [-0.2, 0) is 20.7 Å². The van der Waals surface area contributed by atoms with Gasteiger partial charge in [0.1, 0.15) is 5.75 Å². The molecule has 1 heterocycles. The van der Waals surface area contributed by atoms with Gasteiger partial charge in [-0.05, 0) is 41.7 Å². The van der Waals surface area contributed by atoms with Crippen molar-refractivity contribution < 1.29 is 24.2 Å². The van der Waals surface area contributed by atoms with Crippen molar-refractivity contribution in [2.45, 2.75) is 32.7 Å². The minimum atomic E-state index is -1.07. The van der Waals surface area contributed by atoms with Crippen molar-refractivity contribution in [3.8, 4) is 5.75 Å². The molecule has 0 spiro atoms. The van der Waals surface area contributed by atoms with Gasteiger partial charge in [0.2, 0.25) is 5.91 Å². The van der Waals surface area contributed by atoms with Gasteiger partial charge < -0.3 is 19.5 Å². The van der Waals surface area contributed by atoms with Crippen LogP contribution in [0.2, 0.25) is 5.02 Å². The van der Waals surface area contributed by atoms with Crippen molar-refractivity contribution in [3.05, 3.63) is 64.2 Å². The van der Waals surface area contributed by atoms with Gasteiger partial charge in [-0.1, -0.05) is 49.7 Å². The first-order valence-corrected chi connectivity index (χ1v) is 10.8. The molecule has 166 valence electrons. The summed E-state index contributed by atoms with van der Waals surface area (Å²) >= 11 is 6.29. The molecule has 2 aromatic rings. The van der Waals surface area contributed by atoms with Crippen LogP contribution in [0.25, 0.3) is 0 Å². The Labute approximate surface area is 187 Å². The second kappa shape index (κ2) is 10.6. The highest BCUT2D eigenvalue weighted by Crippen LogP contribution is 2.40. The molecule has 1 unspecified atom stereocenters. The Kier molecular flexibility index (Phi) is 7.93. The van der Waals surface area contributed by atoms with E-state index >= 15 is 0 Å². The van der Waals surface area contributed by atoms with Gasteiger partial charge in [0.15, 0.2) is 6.61 Å². The van der Waals surface area contributed by atoms with Crippen LogP contribution in [0.3, 0.4) is 0 Å². The Morgan fingerprint density at radius 2 is 1.97 bits per heavy atom. The van der Waals surface area contributed by atoms with Crippen molar-refractivity contribution in [3.63, 3.8) is 0 Å². The summed E-state index contributed by atoms with van der Waals surface area (Å²) in [5.41, 5.74) is 2.82. The fourth-order valence-electron chi connectivity index (χ4n) is 3.80. The largest absolute Gasteiger partial charge is 0.482 e. The zero-order valence-electron chi connectivity index (χ0n) is 17.8. The van der Waals surface area contributed by atoms with E-state index in [1.165, 1.54) is 0 Å². The number of carboxylic acid groups (broad SMARTS) is 1. The van der Waals surface area contributed by atoms with Crippen molar-refractivity contribution in [1.29, 1.82) is 0 Å². The van der Waals surface area contributed by atoms with E-state index in [0.29, 0.717) is 42.0 Å². The van der Waals surface area contributed by atoms with Gasteiger partial charge in [-0.3, -0.25) is 4.79 Å². The molecule has 0 saturated carbocycles. The number of hydrogen-bond donors (Lipinski definition) is 1. The molecule has 2 aromatic carbocycles. The number of aliphatic carboxylic acids is 1. The maximum atomic E-state index is 13.2. The molecule has 1 N–H and O–H groups in total. The van der Waals surface area contributed by atoms with Crippen LogP contribution in [0, 0.1) is 5.92 Å². The average Bonchev–Trinajstić information content (AvgIpc) is 2.74. The number of halogens is 1. The SMILES string of the molecule is CC(C)COCCC(=O)N1CCc2ccccc2C1c1cc(Cl)ccc1OCC(=O)O. The lowest BCUT2D eigenvalue weighted by Gasteiger charge is -2.38. The molecule has 6 nitrogen and oxygen atoms in total. The van der Waals surface area contributed by atoms with Crippen molar-refractivity contribution in [2.75, 3.05) is 26.4 Å². The first-order valence-electron chi connectivity index (χ1n) is 10.5. The van der Waals surface area contributed by atoms with Gasteiger partial charge in [-0.2, -0.15) is 0 Å². The molecular formula is C24H28ClNO5. The van der Waals surface area contributed by atoms with E-state index < -0.39 is 18.6 Å². The topological polar surface area (TPSA) is 76.1 Å². The third-order valence-corrected chi connectivity index (χ3v) is 5.37. The highest BCUT2D eigenvalue weighted by atomic mass is 35.5. The van der Waals surface area contributed by atoms with Crippen LogP contribution in [0.15, 0.2) is 42.5 Å². The predicted octanol–water partition coefficient (Wildman–Crippen LogP) is 4.34. The van der Waals surface area contributed by atoms with Crippen LogP contribution in [0.1, 0.15) is 43.0 Å². The highest BCUT2D eigenvalue weighted by Gasteiger charge is 2.33. The lowest BCUT2D eigenvalue weighted by atomic mass is 9.87. The standard InChI is InChI=1S/C24H28ClNO5/c1-16(2)14-30-12-10-22(27)26-11-9-17-5-3-4-6-19(17)24(26)20-13-18(25)7-8-21(20)31-15-23(28)29/h3-8,13,16,24H,9-12,14-15H2,1-2H3,(H,28,29). The monoisotopic (exact) mass is 445 g/mol. The Morgan fingerprint density at radius 3 is 2.71 bits per heavy atom. The van der Waals surface area contributed by atoms with Crippen LogP contribution in [0.4, 0.5) is 0 Å². The van der Waals surface area contributed by atoms with E-state index in [-0.39, 0.29) is 12.3 Å². The van der Waals surface area contributed by atoms with Gasteiger partial charge in [-0.25, -0.2) is 4.79 Å². The molecule has 0 aliphatic carbocycles. The summed E-state index contributed by atoms with van der Waals surface area (Å²) in [4.78, 5) is 26.1. The van der Waals surface area contributed by atoms with Gasteiger partial charge in [0, 0.05) is 23.7 Å². The number of carbonyl (C=O) groups is 2. The van der Waals surface area contributed by atoms with Gasteiger partial charge >= 0.3 is 5.97 Å². The van der Waals surface area contributed by atoms with E-state index in [0.717, 1.165) is 17.5 Å². The second-order valence-corrected chi connectivity index (χ2v) is 8.46. The molecule has 1 aliphatic rings. The number of amides is 1. The van der Waals surface area contributed by atoms with Crippen LogP contribution in [-0.4, -0.2) is 48.2 Å². The summed E-state index contributed by atoms with van der Waals surface area (Å²) in [5, 5.41) is 9.55. The molecule has 0 radical (unpaired) electrons. The number of fused-ring (bicyclic) bond motifs is 1. The average molecular weight is 446 g/mol. The molecule has 0 aromatic heterocycles.